The molecule has 2 rings (SSSR count). The number of aryl methyl sites for hydroxylation is 2. The normalized spacial score (nSPS) is 11.9. The lowest BCUT2D eigenvalue weighted by atomic mass is 10.2. The second-order valence-corrected chi connectivity index (χ2v) is 7.05. The molecule has 134 valence electrons. The first-order valence-electron chi connectivity index (χ1n) is 7.07. The van der Waals surface area contributed by atoms with Crippen molar-refractivity contribution in [3.63, 3.8) is 0 Å². The van der Waals surface area contributed by atoms with E-state index in [1.165, 1.54) is 30.3 Å². The summed E-state index contributed by atoms with van der Waals surface area (Å²) in [7, 11) is -3.84. The number of carbonyl (C=O) groups excluding carboxylic acids is 1. The molecule has 0 saturated heterocycles. The van der Waals surface area contributed by atoms with Crippen LogP contribution in [0.5, 0.6) is 0 Å². The molecule has 0 unspecified atom stereocenters. The predicted molar refractivity (Wildman–Crippen MR) is 87.9 cm³/mol. The number of amides is 1. The maximum absolute atomic E-state index is 12.4. The summed E-state index contributed by atoms with van der Waals surface area (Å²) in [6.45, 7) is 3.42. The molecule has 25 heavy (non-hydrogen) atoms. The van der Waals surface area contributed by atoms with Gasteiger partial charge in [-0.1, -0.05) is 12.1 Å². The zero-order valence-electron chi connectivity index (χ0n) is 13.3. The van der Waals surface area contributed by atoms with Gasteiger partial charge in [0.15, 0.2) is 0 Å². The van der Waals surface area contributed by atoms with Gasteiger partial charge in [0.1, 0.15) is 0 Å². The van der Waals surface area contributed by atoms with Gasteiger partial charge in [0.05, 0.1) is 4.90 Å². The van der Waals surface area contributed by atoms with Crippen LogP contribution >= 0.6 is 0 Å². The van der Waals surface area contributed by atoms with Gasteiger partial charge in [0, 0.05) is 11.4 Å². The Kier molecular flexibility index (Phi) is 5.07. The topological polar surface area (TPSA) is 75.3 Å². The van der Waals surface area contributed by atoms with Gasteiger partial charge in [-0.3, -0.25) is 9.52 Å². The van der Waals surface area contributed by atoms with Crippen LogP contribution in [0.2, 0.25) is 0 Å². The number of hydrogen-bond donors (Lipinski definition) is 2. The zero-order chi connectivity index (χ0) is 18.8. The highest BCUT2D eigenvalue weighted by molar-refractivity contribution is 7.92. The van der Waals surface area contributed by atoms with Crippen LogP contribution in [0.15, 0.2) is 47.4 Å². The van der Waals surface area contributed by atoms with E-state index in [0.29, 0.717) is 5.56 Å². The molecule has 0 aliphatic rings. The van der Waals surface area contributed by atoms with E-state index in [9.17, 15) is 26.4 Å². The number of rotatable bonds is 4. The lowest BCUT2D eigenvalue weighted by Gasteiger charge is -2.12. The summed E-state index contributed by atoms with van der Waals surface area (Å²) in [5, 5.41) is 1.68. The van der Waals surface area contributed by atoms with E-state index in [4.69, 9.17) is 0 Å². The lowest BCUT2D eigenvalue weighted by molar-refractivity contribution is -0.167. The van der Waals surface area contributed by atoms with E-state index in [1.54, 1.807) is 31.3 Å². The molecule has 0 bridgehead atoms. The molecule has 9 heteroatoms. The van der Waals surface area contributed by atoms with Crippen molar-refractivity contribution >= 4 is 27.3 Å². The Morgan fingerprint density at radius 1 is 0.960 bits per heavy atom. The smallest absolute Gasteiger partial charge is 0.318 e. The average molecular weight is 372 g/mol. The summed E-state index contributed by atoms with van der Waals surface area (Å²) in [6, 6.07) is 9.85. The number of halogens is 3. The molecule has 0 aliphatic heterocycles. The molecule has 2 aromatic rings. The van der Waals surface area contributed by atoms with Crippen LogP contribution in [-0.4, -0.2) is 20.5 Å². The first kappa shape index (κ1) is 18.8. The van der Waals surface area contributed by atoms with Crippen molar-refractivity contribution < 1.29 is 26.4 Å². The zero-order valence-corrected chi connectivity index (χ0v) is 14.1. The highest BCUT2D eigenvalue weighted by atomic mass is 32.2. The van der Waals surface area contributed by atoms with Gasteiger partial charge in [-0.2, -0.15) is 13.2 Å². The van der Waals surface area contributed by atoms with Crippen LogP contribution in [0, 0.1) is 13.8 Å². The number of nitrogens with one attached hydrogen (secondary N) is 2. The Hall–Kier alpha value is -2.55. The number of carbonyl (C=O) groups is 1. The first-order valence-corrected chi connectivity index (χ1v) is 8.56. The number of alkyl halides is 3. The Morgan fingerprint density at radius 3 is 2.08 bits per heavy atom. The highest BCUT2D eigenvalue weighted by Gasteiger charge is 2.38. The third-order valence-electron chi connectivity index (χ3n) is 3.29. The second-order valence-electron chi connectivity index (χ2n) is 5.40. The molecule has 0 atom stereocenters. The summed E-state index contributed by atoms with van der Waals surface area (Å²) < 4.78 is 63.8. The van der Waals surface area contributed by atoms with Gasteiger partial charge in [-0.25, -0.2) is 8.42 Å². The fraction of sp³-hybridized carbons (Fsp3) is 0.188. The molecular formula is C16H15F3N2O3S. The van der Waals surface area contributed by atoms with E-state index >= 15 is 0 Å². The van der Waals surface area contributed by atoms with Gasteiger partial charge in [-0.15, -0.1) is 0 Å². The third kappa shape index (κ3) is 4.72. The molecule has 0 spiro atoms. The molecule has 5 nitrogen and oxygen atoms in total. The molecule has 0 saturated carbocycles. The van der Waals surface area contributed by atoms with Crippen LogP contribution in [0.25, 0.3) is 0 Å². The van der Waals surface area contributed by atoms with Crippen molar-refractivity contribution in [1.29, 1.82) is 0 Å². The van der Waals surface area contributed by atoms with Gasteiger partial charge >= 0.3 is 12.1 Å². The summed E-state index contributed by atoms with van der Waals surface area (Å²) in [5.41, 5.74) is 1.39. The summed E-state index contributed by atoms with van der Waals surface area (Å²) in [6.07, 6.45) is -5.00. The van der Waals surface area contributed by atoms with Crippen molar-refractivity contribution in [1.82, 2.24) is 0 Å². The van der Waals surface area contributed by atoms with Gasteiger partial charge in [0.2, 0.25) is 0 Å². The largest absolute Gasteiger partial charge is 0.471 e. The fourth-order valence-electron chi connectivity index (χ4n) is 2.03. The molecule has 0 aliphatic carbocycles. The third-order valence-corrected chi connectivity index (χ3v) is 4.81. The first-order chi connectivity index (χ1) is 11.5. The van der Waals surface area contributed by atoms with Crippen LogP contribution in [-0.2, 0) is 14.8 Å². The number of anilines is 2. The van der Waals surface area contributed by atoms with E-state index in [-0.39, 0.29) is 16.3 Å². The summed E-state index contributed by atoms with van der Waals surface area (Å²) >= 11 is 0. The predicted octanol–water partition coefficient (Wildman–Crippen LogP) is 3.61. The Bertz CT molecular complexity index is 892. The molecular weight excluding hydrogens is 357 g/mol. The number of sulfonamides is 1. The average Bonchev–Trinajstić information content (AvgIpc) is 2.50. The molecule has 1 amide bonds. The van der Waals surface area contributed by atoms with Crippen molar-refractivity contribution in [3.05, 3.63) is 53.6 Å². The summed E-state index contributed by atoms with van der Waals surface area (Å²) in [5.74, 6) is -2.10. The maximum Gasteiger partial charge on any atom is 0.471 e. The van der Waals surface area contributed by atoms with E-state index in [2.05, 4.69) is 4.72 Å². The van der Waals surface area contributed by atoms with Crippen LogP contribution in [0.1, 0.15) is 11.1 Å². The minimum absolute atomic E-state index is 0.1000. The lowest BCUT2D eigenvalue weighted by Crippen LogP contribution is -2.29. The standard InChI is InChI=1S/C16H15F3N2O3S/c1-10-3-4-11(2)14(9-10)25(23,24)21-13-7-5-12(6-8-13)20-15(22)16(17,18)19/h3-9,21H,1-2H3,(H,20,22). The molecule has 0 radical (unpaired) electrons. The van der Waals surface area contributed by atoms with Crippen molar-refractivity contribution in [2.75, 3.05) is 10.0 Å². The monoisotopic (exact) mass is 372 g/mol. The quantitative estimate of drug-likeness (QED) is 0.861. The van der Waals surface area contributed by atoms with Crippen molar-refractivity contribution in [2.24, 2.45) is 0 Å². The van der Waals surface area contributed by atoms with Crippen molar-refractivity contribution in [3.8, 4) is 0 Å². The van der Waals surface area contributed by atoms with Gasteiger partial charge in [0.25, 0.3) is 10.0 Å². The maximum atomic E-state index is 12.4. The van der Waals surface area contributed by atoms with Crippen LogP contribution in [0.4, 0.5) is 24.5 Å². The Labute approximate surface area is 142 Å². The molecule has 0 heterocycles. The van der Waals surface area contributed by atoms with E-state index in [1.807, 2.05) is 0 Å². The molecule has 2 N–H and O–H groups in total. The molecule has 0 fully saturated rings. The minimum atomic E-state index is -5.00. The number of hydrogen-bond acceptors (Lipinski definition) is 3. The van der Waals surface area contributed by atoms with Crippen LogP contribution in [0.3, 0.4) is 0 Å². The van der Waals surface area contributed by atoms with E-state index in [0.717, 1.165) is 5.56 Å². The van der Waals surface area contributed by atoms with E-state index < -0.39 is 22.1 Å². The SMILES string of the molecule is Cc1ccc(C)c(S(=O)(=O)Nc2ccc(NC(=O)C(F)(F)F)cc2)c1. The summed E-state index contributed by atoms with van der Waals surface area (Å²) in [4.78, 5) is 11.0. The van der Waals surface area contributed by atoms with Gasteiger partial charge in [-0.05, 0) is 55.3 Å². The van der Waals surface area contributed by atoms with Crippen molar-refractivity contribution in [2.45, 2.75) is 24.9 Å². The minimum Gasteiger partial charge on any atom is -0.318 e. The Morgan fingerprint density at radius 2 is 1.52 bits per heavy atom. The highest BCUT2D eigenvalue weighted by Crippen LogP contribution is 2.23. The second kappa shape index (κ2) is 6.75. The Balaban J connectivity index is 2.18. The fourth-order valence-corrected chi connectivity index (χ4v) is 3.42. The number of benzene rings is 2. The van der Waals surface area contributed by atoms with Crippen LogP contribution < -0.4 is 10.0 Å². The molecule has 0 aromatic heterocycles. The molecule has 2 aromatic carbocycles. The van der Waals surface area contributed by atoms with Gasteiger partial charge < -0.3 is 5.32 Å².